The van der Waals surface area contributed by atoms with Crippen LogP contribution in [0.1, 0.15) is 20.7 Å². The molecule has 2 heterocycles. The van der Waals surface area contributed by atoms with Crippen LogP contribution in [0, 0.1) is 0 Å². The van der Waals surface area contributed by atoms with Gasteiger partial charge < -0.3 is 39.1 Å². The predicted molar refractivity (Wildman–Crippen MR) is 163 cm³/mol. The number of rotatable bonds is 8. The molecule has 0 unspecified atom stereocenters. The number of nitrogens with one attached hydrogen (secondary N) is 2. The van der Waals surface area contributed by atoms with E-state index in [1.54, 1.807) is 64.8 Å². The molecule has 224 valence electrons. The third kappa shape index (κ3) is 5.95. The second kappa shape index (κ2) is 12.4. The van der Waals surface area contributed by atoms with E-state index in [2.05, 4.69) is 19.9 Å². The van der Waals surface area contributed by atoms with Gasteiger partial charge in [0.05, 0.1) is 72.8 Å². The van der Waals surface area contributed by atoms with Gasteiger partial charge in [-0.2, -0.15) is 0 Å². The first-order valence-corrected chi connectivity index (χ1v) is 13.2. The number of fused-ring (bicyclic) bond motifs is 2. The summed E-state index contributed by atoms with van der Waals surface area (Å²) >= 11 is 0. The lowest BCUT2D eigenvalue weighted by Crippen LogP contribution is -1.94. The second-order valence-electron chi connectivity index (χ2n) is 9.38. The minimum Gasteiger partial charge on any atom is -0.497 e. The molecule has 12 heteroatoms. The van der Waals surface area contributed by atoms with Gasteiger partial charge >= 0.3 is 11.9 Å². The zero-order chi connectivity index (χ0) is 31.4. The van der Waals surface area contributed by atoms with Gasteiger partial charge in [0.15, 0.2) is 0 Å². The summed E-state index contributed by atoms with van der Waals surface area (Å²) in [6.45, 7) is 0. The number of aromatic nitrogens is 4. The average molecular weight is 597 g/mol. The summed E-state index contributed by atoms with van der Waals surface area (Å²) in [6.07, 6.45) is 0. The number of nitrogens with zero attached hydrogens (tertiary/aromatic N) is 2. The maximum absolute atomic E-state index is 11.0. The quantitative estimate of drug-likeness (QED) is 0.166. The highest BCUT2D eigenvalue weighted by atomic mass is 16.5. The van der Waals surface area contributed by atoms with Crippen molar-refractivity contribution in [2.75, 3.05) is 28.4 Å². The SMILES string of the molecule is COc1ccc(-c2nc3ccc(C(=O)O)cc3[nH]2)c(OC)c1.COc1ccc(-c2nc3ccc(C(=O)O)cc3[nH]2)c(OC)c1. The van der Waals surface area contributed by atoms with Crippen LogP contribution in [0.4, 0.5) is 0 Å². The normalized spacial score (nSPS) is 10.6. The van der Waals surface area contributed by atoms with Crippen LogP contribution in [0.2, 0.25) is 0 Å². The van der Waals surface area contributed by atoms with Gasteiger partial charge in [-0.05, 0) is 60.7 Å². The molecule has 44 heavy (non-hydrogen) atoms. The Kier molecular flexibility index (Phi) is 8.33. The highest BCUT2D eigenvalue weighted by molar-refractivity contribution is 5.94. The summed E-state index contributed by atoms with van der Waals surface area (Å²) in [5.41, 5.74) is 4.68. The molecule has 0 spiro atoms. The van der Waals surface area contributed by atoms with Crippen molar-refractivity contribution >= 4 is 34.0 Å². The summed E-state index contributed by atoms with van der Waals surface area (Å²) in [4.78, 5) is 37.3. The number of carboxylic acid groups (broad SMARTS) is 2. The molecule has 0 aliphatic heterocycles. The van der Waals surface area contributed by atoms with E-state index < -0.39 is 11.9 Å². The van der Waals surface area contributed by atoms with Gasteiger partial charge in [0, 0.05) is 12.1 Å². The highest BCUT2D eigenvalue weighted by Crippen LogP contribution is 2.34. The van der Waals surface area contributed by atoms with E-state index in [0.717, 1.165) is 11.1 Å². The van der Waals surface area contributed by atoms with E-state index in [4.69, 9.17) is 29.2 Å². The Labute approximate surface area is 250 Å². The standard InChI is InChI=1S/2C16H14N2O4/c2*1-21-10-4-5-11(14(8-10)22-2)15-17-12-6-3-9(16(19)20)7-13(12)18-15/h2*3-8H,1-2H3,(H,17,18)(H,19,20). The molecule has 0 bridgehead atoms. The van der Waals surface area contributed by atoms with Crippen LogP contribution in [0.5, 0.6) is 23.0 Å². The topological polar surface area (TPSA) is 169 Å². The first kappa shape index (κ1) is 29.5. The summed E-state index contributed by atoms with van der Waals surface area (Å²) in [6, 6.07) is 20.4. The van der Waals surface area contributed by atoms with Crippen molar-refractivity contribution in [1.82, 2.24) is 19.9 Å². The number of carboxylic acids is 2. The number of carbonyl (C=O) groups is 2. The van der Waals surface area contributed by atoms with Crippen LogP contribution in [-0.4, -0.2) is 70.5 Å². The number of aromatic amines is 2. The number of ether oxygens (including phenoxy) is 4. The molecular weight excluding hydrogens is 568 g/mol. The minimum atomic E-state index is -0.972. The van der Waals surface area contributed by atoms with Gasteiger partial charge in [-0.1, -0.05) is 0 Å². The molecule has 6 rings (SSSR count). The van der Waals surface area contributed by atoms with Crippen LogP contribution in [-0.2, 0) is 0 Å². The lowest BCUT2D eigenvalue weighted by molar-refractivity contribution is 0.0686. The lowest BCUT2D eigenvalue weighted by Gasteiger charge is -2.08. The Morgan fingerprint density at radius 1 is 0.568 bits per heavy atom. The number of methoxy groups -OCH3 is 4. The molecule has 0 fully saturated rings. The van der Waals surface area contributed by atoms with Crippen molar-refractivity contribution < 1.29 is 38.7 Å². The van der Waals surface area contributed by atoms with Gasteiger partial charge in [-0.3, -0.25) is 0 Å². The number of aromatic carboxylic acids is 2. The number of benzene rings is 4. The van der Waals surface area contributed by atoms with Gasteiger partial charge in [-0.25, -0.2) is 19.6 Å². The predicted octanol–water partition coefficient (Wildman–Crippen LogP) is 5.89. The second-order valence-corrected chi connectivity index (χ2v) is 9.38. The maximum atomic E-state index is 11.0. The molecule has 0 aliphatic rings. The fourth-order valence-electron chi connectivity index (χ4n) is 4.53. The number of imidazole rings is 2. The maximum Gasteiger partial charge on any atom is 0.335 e. The summed E-state index contributed by atoms with van der Waals surface area (Å²) in [7, 11) is 6.32. The van der Waals surface area contributed by atoms with Gasteiger partial charge in [-0.15, -0.1) is 0 Å². The van der Waals surface area contributed by atoms with Gasteiger partial charge in [0.2, 0.25) is 0 Å². The van der Waals surface area contributed by atoms with Crippen LogP contribution >= 0.6 is 0 Å². The van der Waals surface area contributed by atoms with E-state index in [1.165, 1.54) is 12.1 Å². The first-order chi connectivity index (χ1) is 21.2. The van der Waals surface area contributed by atoms with Crippen molar-refractivity contribution in [2.45, 2.75) is 0 Å². The van der Waals surface area contributed by atoms with E-state index in [1.807, 2.05) is 24.3 Å². The molecular formula is C32H28N4O8. The lowest BCUT2D eigenvalue weighted by atomic mass is 10.2. The van der Waals surface area contributed by atoms with E-state index in [-0.39, 0.29) is 11.1 Å². The van der Waals surface area contributed by atoms with Crippen molar-refractivity contribution in [1.29, 1.82) is 0 Å². The fraction of sp³-hybridized carbons (Fsp3) is 0.125. The molecule has 4 aromatic carbocycles. The largest absolute Gasteiger partial charge is 0.497 e. The monoisotopic (exact) mass is 596 g/mol. The van der Waals surface area contributed by atoms with Gasteiger partial charge in [0.25, 0.3) is 0 Å². The Morgan fingerprint density at radius 3 is 1.32 bits per heavy atom. The molecule has 12 nitrogen and oxygen atoms in total. The zero-order valence-corrected chi connectivity index (χ0v) is 24.2. The molecule has 0 radical (unpaired) electrons. The van der Waals surface area contributed by atoms with E-state index >= 15 is 0 Å². The fourth-order valence-corrected chi connectivity index (χ4v) is 4.53. The summed E-state index contributed by atoms with van der Waals surface area (Å²) in [5, 5.41) is 18.1. The molecule has 0 aliphatic carbocycles. The van der Waals surface area contributed by atoms with Crippen molar-refractivity contribution in [3.05, 3.63) is 83.9 Å². The highest BCUT2D eigenvalue weighted by Gasteiger charge is 2.15. The Hall–Kier alpha value is -6.04. The summed E-state index contributed by atoms with van der Waals surface area (Å²) in [5.74, 6) is 1.89. The van der Waals surface area contributed by atoms with E-state index in [9.17, 15) is 9.59 Å². The molecule has 6 aromatic rings. The Balaban J connectivity index is 0.000000175. The van der Waals surface area contributed by atoms with Crippen LogP contribution in [0.25, 0.3) is 44.8 Å². The average Bonchev–Trinajstić information content (AvgIpc) is 3.67. The first-order valence-electron chi connectivity index (χ1n) is 13.2. The minimum absolute atomic E-state index is 0.212. The number of hydrogen-bond donors (Lipinski definition) is 4. The van der Waals surface area contributed by atoms with Crippen molar-refractivity contribution in [2.24, 2.45) is 0 Å². The molecule has 0 amide bonds. The Morgan fingerprint density at radius 2 is 0.977 bits per heavy atom. The van der Waals surface area contributed by atoms with Gasteiger partial charge in [0.1, 0.15) is 34.6 Å². The van der Waals surface area contributed by atoms with Crippen LogP contribution < -0.4 is 18.9 Å². The van der Waals surface area contributed by atoms with Crippen molar-refractivity contribution in [3.63, 3.8) is 0 Å². The third-order valence-electron chi connectivity index (χ3n) is 6.79. The van der Waals surface area contributed by atoms with Crippen molar-refractivity contribution in [3.8, 4) is 45.8 Å². The molecule has 0 atom stereocenters. The van der Waals surface area contributed by atoms with Crippen LogP contribution in [0.3, 0.4) is 0 Å². The van der Waals surface area contributed by atoms with E-state index in [0.29, 0.717) is 56.7 Å². The summed E-state index contributed by atoms with van der Waals surface area (Å²) < 4.78 is 21.1. The smallest absolute Gasteiger partial charge is 0.335 e. The number of H-pyrrole nitrogens is 2. The molecule has 0 saturated heterocycles. The molecule has 4 N–H and O–H groups in total. The molecule has 0 saturated carbocycles. The number of hydrogen-bond acceptors (Lipinski definition) is 8. The third-order valence-corrected chi connectivity index (χ3v) is 6.79. The zero-order valence-electron chi connectivity index (χ0n) is 24.2. The molecule has 2 aromatic heterocycles. The van der Waals surface area contributed by atoms with Crippen LogP contribution in [0.15, 0.2) is 72.8 Å². The Bertz CT molecular complexity index is 1850.